The van der Waals surface area contributed by atoms with Gasteiger partial charge in [0.05, 0.1) is 16.5 Å². The van der Waals surface area contributed by atoms with Crippen molar-refractivity contribution in [2.45, 2.75) is 76.0 Å². The van der Waals surface area contributed by atoms with Gasteiger partial charge in [-0.1, -0.05) is 60.5 Å². The van der Waals surface area contributed by atoms with Gasteiger partial charge in [0.15, 0.2) is 9.84 Å². The first-order valence-corrected chi connectivity index (χ1v) is 14.5. The van der Waals surface area contributed by atoms with E-state index in [1.807, 2.05) is 37.3 Å². The highest BCUT2D eigenvalue weighted by atomic mass is 35.5. The van der Waals surface area contributed by atoms with Crippen LogP contribution in [0.15, 0.2) is 61.2 Å². The van der Waals surface area contributed by atoms with Gasteiger partial charge < -0.3 is 9.64 Å². The average Bonchev–Trinajstić information content (AvgIpc) is 2.79. The van der Waals surface area contributed by atoms with Crippen molar-refractivity contribution in [1.82, 2.24) is 4.90 Å². The van der Waals surface area contributed by atoms with E-state index in [4.69, 9.17) is 27.9 Å². The van der Waals surface area contributed by atoms with Gasteiger partial charge in [-0.2, -0.15) is 0 Å². The average molecular weight is 553 g/mol. The fourth-order valence-electron chi connectivity index (χ4n) is 4.57. The second-order valence-corrected chi connectivity index (χ2v) is 14.1. The van der Waals surface area contributed by atoms with E-state index < -0.39 is 38.4 Å². The van der Waals surface area contributed by atoms with Crippen molar-refractivity contribution in [2.75, 3.05) is 5.75 Å². The maximum atomic E-state index is 14.2. The second kappa shape index (κ2) is 10.9. The van der Waals surface area contributed by atoms with Gasteiger partial charge >= 0.3 is 0 Å². The number of halogens is 2. The zero-order chi connectivity index (χ0) is 26.9. The lowest BCUT2D eigenvalue weighted by atomic mass is 9.86. The number of sulfone groups is 1. The Labute approximate surface area is 225 Å². The molecule has 2 aromatic carbocycles. The molecule has 3 rings (SSSR count). The van der Waals surface area contributed by atoms with Crippen LogP contribution in [0.2, 0.25) is 10.0 Å². The molecule has 196 valence electrons. The molecule has 2 aromatic rings. The van der Waals surface area contributed by atoms with Crippen molar-refractivity contribution in [3.05, 3.63) is 82.4 Å². The Hall–Kier alpha value is -1.86. The van der Waals surface area contributed by atoms with Crippen molar-refractivity contribution in [3.63, 3.8) is 0 Å². The molecule has 1 aliphatic heterocycles. The number of hydrogen-bond donors (Lipinski definition) is 0. The summed E-state index contributed by atoms with van der Waals surface area (Å²) in [4.78, 5) is 15.9. The number of nitrogens with zero attached hydrogens (tertiary/aromatic N) is 1. The molecule has 0 aromatic heterocycles. The molecule has 1 fully saturated rings. The maximum absolute atomic E-state index is 14.2. The Morgan fingerprint density at radius 2 is 1.75 bits per heavy atom. The lowest BCUT2D eigenvalue weighted by Crippen LogP contribution is -2.61. The van der Waals surface area contributed by atoms with Crippen LogP contribution in [0.4, 0.5) is 0 Å². The third-order valence-corrected chi connectivity index (χ3v) is 9.97. The molecular formula is C28H35Cl2NO4S. The molecule has 0 radical (unpaired) electrons. The quantitative estimate of drug-likeness (QED) is 0.332. The highest BCUT2D eigenvalue weighted by Crippen LogP contribution is 2.48. The number of rotatable bonds is 8. The standard InChI is InChI=1S/C28H35Cl2NO4S/c1-7-16-28(6)26(32)31(23(8-2)18-36(33,34)27(3,4)5)24(19-12-14-21(29)15-13-19)25(35-28)20-10-9-11-22(30)17-20/h7,9-15,17,23-25H,1,8,16,18H2,2-6H3/t23-,24+,25+,28-/m0/s1. The summed E-state index contributed by atoms with van der Waals surface area (Å²) in [6, 6.07) is 13.4. The summed E-state index contributed by atoms with van der Waals surface area (Å²) in [5.41, 5.74) is 0.366. The largest absolute Gasteiger partial charge is 0.355 e. The number of morpholine rings is 1. The number of carbonyl (C=O) groups is 1. The predicted molar refractivity (Wildman–Crippen MR) is 147 cm³/mol. The Bertz CT molecular complexity index is 1210. The van der Waals surface area contributed by atoms with Crippen LogP contribution in [0.1, 0.15) is 70.7 Å². The molecule has 36 heavy (non-hydrogen) atoms. The van der Waals surface area contributed by atoms with Crippen LogP contribution < -0.4 is 0 Å². The third-order valence-electron chi connectivity index (χ3n) is 6.79. The molecule has 0 aliphatic carbocycles. The van der Waals surface area contributed by atoms with Crippen molar-refractivity contribution in [1.29, 1.82) is 0 Å². The monoisotopic (exact) mass is 551 g/mol. The van der Waals surface area contributed by atoms with Crippen LogP contribution in [-0.2, 0) is 19.4 Å². The Kier molecular flexibility index (Phi) is 8.66. The molecular weight excluding hydrogens is 517 g/mol. The Morgan fingerprint density at radius 1 is 1.11 bits per heavy atom. The van der Waals surface area contributed by atoms with Gasteiger partial charge in [0, 0.05) is 22.5 Å². The first-order chi connectivity index (χ1) is 16.7. The normalized spacial score (nSPS) is 24.0. The fraction of sp³-hybridized carbons (Fsp3) is 0.464. The van der Waals surface area contributed by atoms with Gasteiger partial charge in [0.2, 0.25) is 0 Å². The molecule has 0 unspecified atom stereocenters. The third kappa shape index (κ3) is 5.83. The van der Waals surface area contributed by atoms with Gasteiger partial charge in [-0.15, -0.1) is 6.58 Å². The first kappa shape index (κ1) is 28.7. The molecule has 0 spiro atoms. The molecule has 1 heterocycles. The summed E-state index contributed by atoms with van der Waals surface area (Å²) >= 11 is 12.5. The number of ether oxygens (including phenoxy) is 1. The summed E-state index contributed by atoms with van der Waals surface area (Å²) in [6.45, 7) is 12.5. The zero-order valence-corrected chi connectivity index (χ0v) is 23.8. The lowest BCUT2D eigenvalue weighted by molar-refractivity contribution is -0.201. The minimum atomic E-state index is -3.53. The molecule has 4 atom stereocenters. The fourth-order valence-corrected chi connectivity index (χ4v) is 6.30. The number of hydrogen-bond acceptors (Lipinski definition) is 4. The molecule has 1 saturated heterocycles. The van der Waals surface area contributed by atoms with Crippen LogP contribution in [0.25, 0.3) is 0 Å². The Morgan fingerprint density at radius 3 is 2.28 bits per heavy atom. The number of amides is 1. The van der Waals surface area contributed by atoms with Crippen molar-refractivity contribution >= 4 is 38.9 Å². The second-order valence-electron chi connectivity index (χ2n) is 10.5. The van der Waals surface area contributed by atoms with Gasteiger partial charge in [-0.3, -0.25) is 4.79 Å². The summed E-state index contributed by atoms with van der Waals surface area (Å²) in [6.07, 6.45) is 1.78. The minimum absolute atomic E-state index is 0.157. The van der Waals surface area contributed by atoms with Crippen molar-refractivity contribution < 1.29 is 17.9 Å². The van der Waals surface area contributed by atoms with E-state index in [0.717, 1.165) is 11.1 Å². The van der Waals surface area contributed by atoms with Crippen LogP contribution in [0.5, 0.6) is 0 Å². The van der Waals surface area contributed by atoms with E-state index in [1.165, 1.54) is 0 Å². The smallest absolute Gasteiger partial charge is 0.255 e. The van der Waals surface area contributed by atoms with Crippen LogP contribution in [0, 0.1) is 0 Å². The van der Waals surface area contributed by atoms with Crippen LogP contribution in [0.3, 0.4) is 0 Å². The first-order valence-electron chi connectivity index (χ1n) is 12.1. The summed E-state index contributed by atoms with van der Waals surface area (Å²) in [5.74, 6) is -0.425. The molecule has 0 saturated carbocycles. The zero-order valence-electron chi connectivity index (χ0n) is 21.5. The lowest BCUT2D eigenvalue weighted by Gasteiger charge is -2.52. The van der Waals surface area contributed by atoms with Crippen molar-refractivity contribution in [3.8, 4) is 0 Å². The predicted octanol–water partition coefficient (Wildman–Crippen LogP) is 6.96. The Balaban J connectivity index is 2.26. The number of benzene rings is 2. The van der Waals surface area contributed by atoms with Crippen molar-refractivity contribution in [2.24, 2.45) is 0 Å². The highest BCUT2D eigenvalue weighted by Gasteiger charge is 2.52. The van der Waals surface area contributed by atoms with E-state index >= 15 is 0 Å². The van der Waals surface area contributed by atoms with E-state index in [1.54, 1.807) is 56.9 Å². The van der Waals surface area contributed by atoms with Gasteiger partial charge in [0.25, 0.3) is 5.91 Å². The summed E-state index contributed by atoms with van der Waals surface area (Å²) in [7, 11) is -3.53. The molecule has 5 nitrogen and oxygen atoms in total. The van der Waals surface area contributed by atoms with Gasteiger partial charge in [-0.25, -0.2) is 8.42 Å². The van der Waals surface area contributed by atoms with E-state index in [2.05, 4.69) is 6.58 Å². The van der Waals surface area contributed by atoms with E-state index in [9.17, 15) is 13.2 Å². The van der Waals surface area contributed by atoms with E-state index in [-0.39, 0.29) is 18.1 Å². The summed E-state index contributed by atoms with van der Waals surface area (Å²) < 4.78 is 32.3. The minimum Gasteiger partial charge on any atom is -0.355 e. The van der Waals surface area contributed by atoms with Gasteiger partial charge in [0.1, 0.15) is 11.7 Å². The highest BCUT2D eigenvalue weighted by molar-refractivity contribution is 7.92. The van der Waals surface area contributed by atoms with Crippen LogP contribution in [-0.4, -0.2) is 41.4 Å². The maximum Gasteiger partial charge on any atom is 0.255 e. The SMILES string of the molecule is C=CC[C@]1(C)O[C@H](c2cccc(Cl)c2)[C@@H](c2ccc(Cl)cc2)N([C@@H](CC)CS(=O)(=O)C(C)(C)C)C1=O. The molecule has 8 heteroatoms. The number of carbonyl (C=O) groups excluding carboxylic acids is 1. The molecule has 1 amide bonds. The molecule has 1 aliphatic rings. The van der Waals surface area contributed by atoms with Crippen LogP contribution >= 0.6 is 23.2 Å². The molecule has 0 bridgehead atoms. The van der Waals surface area contributed by atoms with E-state index in [0.29, 0.717) is 16.5 Å². The topological polar surface area (TPSA) is 63.7 Å². The molecule has 0 N–H and O–H groups in total. The van der Waals surface area contributed by atoms with Gasteiger partial charge in [-0.05, 0) is 69.5 Å². The summed E-state index contributed by atoms with van der Waals surface area (Å²) in [5, 5.41) is 1.11.